The lowest BCUT2D eigenvalue weighted by Crippen LogP contribution is -2.51. The quantitative estimate of drug-likeness (QED) is 0.523. The Hall–Kier alpha value is -3.74. The first-order valence-corrected chi connectivity index (χ1v) is 14.0. The number of likely N-dealkylation sites (tertiary alicyclic amines) is 1. The summed E-state index contributed by atoms with van der Waals surface area (Å²) >= 11 is 0. The summed E-state index contributed by atoms with van der Waals surface area (Å²) in [6.45, 7) is 4.31. The second-order valence-corrected chi connectivity index (χ2v) is 10.8. The van der Waals surface area contributed by atoms with Crippen LogP contribution in [0.3, 0.4) is 0 Å². The fourth-order valence-electron chi connectivity index (χ4n) is 6.13. The molecule has 0 saturated carbocycles. The van der Waals surface area contributed by atoms with Crippen molar-refractivity contribution >= 4 is 28.2 Å². The second kappa shape index (κ2) is 11.2. The van der Waals surface area contributed by atoms with E-state index >= 15 is 0 Å². The number of carbonyl (C=O) groups is 1. The van der Waals surface area contributed by atoms with Gasteiger partial charge < -0.3 is 24.8 Å². The maximum Gasteiger partial charge on any atom is 0.319 e. The Morgan fingerprint density at radius 1 is 1.10 bits per heavy atom. The first-order chi connectivity index (χ1) is 19.1. The van der Waals surface area contributed by atoms with Gasteiger partial charge in [-0.2, -0.15) is 15.2 Å². The molecule has 39 heavy (non-hydrogen) atoms. The molecule has 1 amide bonds. The molecule has 1 N–H and O–H groups in total. The molecule has 0 radical (unpaired) electrons. The predicted octanol–water partition coefficient (Wildman–Crippen LogP) is 3.39. The van der Waals surface area contributed by atoms with Crippen LogP contribution in [0, 0.1) is 11.3 Å². The number of nitrogens with one attached hydrogen (secondary N) is 1. The number of likely N-dealkylation sites (N-methyl/N-ethyl adjacent to an activating group) is 1. The molecule has 2 aromatic carbocycles. The topological polar surface area (TPSA) is 97.6 Å². The Morgan fingerprint density at radius 2 is 1.97 bits per heavy atom. The SMILES string of the molecule is CN1CCCC1COc1nc2c(c(N3CCNC(CC#N)C3)n1)CCCN(c1cccc3ccccc13)C2=O. The van der Waals surface area contributed by atoms with Gasteiger partial charge in [-0.3, -0.25) is 4.79 Å². The number of hydrogen-bond donors (Lipinski definition) is 1. The van der Waals surface area contributed by atoms with E-state index in [4.69, 9.17) is 14.7 Å². The number of carbonyl (C=O) groups excluding carboxylic acids is 1. The van der Waals surface area contributed by atoms with Crippen LogP contribution in [0.25, 0.3) is 10.8 Å². The maximum absolute atomic E-state index is 14.2. The van der Waals surface area contributed by atoms with Crippen molar-refractivity contribution in [1.29, 1.82) is 5.26 Å². The third-order valence-corrected chi connectivity index (χ3v) is 8.25. The number of aromatic nitrogens is 2. The molecule has 0 spiro atoms. The standard InChI is InChI=1S/C30H35N7O2/c1-35-16-5-9-23(35)20-39-30-33-27-25(28(34-30)36-18-15-32-22(19-36)13-14-31)11-6-17-37(29(27)38)26-12-4-8-21-7-2-3-10-24(21)26/h2-4,7-8,10,12,22-23,32H,5-6,9,11,13,15-20H2,1H3. The number of ether oxygens (including phenoxy) is 1. The van der Waals surface area contributed by atoms with Gasteiger partial charge in [-0.25, -0.2) is 0 Å². The zero-order valence-corrected chi connectivity index (χ0v) is 22.5. The second-order valence-electron chi connectivity index (χ2n) is 10.8. The molecule has 2 atom stereocenters. The van der Waals surface area contributed by atoms with Gasteiger partial charge in [0.2, 0.25) is 0 Å². The molecular formula is C30H35N7O2. The van der Waals surface area contributed by atoms with Gasteiger partial charge in [0.25, 0.3) is 5.91 Å². The largest absolute Gasteiger partial charge is 0.462 e. The molecule has 2 unspecified atom stereocenters. The molecule has 2 saturated heterocycles. The van der Waals surface area contributed by atoms with Gasteiger partial charge >= 0.3 is 6.01 Å². The Balaban J connectivity index is 1.39. The van der Waals surface area contributed by atoms with Crippen molar-refractivity contribution in [2.45, 2.75) is 44.2 Å². The minimum Gasteiger partial charge on any atom is -0.462 e. The van der Waals surface area contributed by atoms with Crippen LogP contribution in [-0.4, -0.2) is 79.2 Å². The van der Waals surface area contributed by atoms with E-state index in [0.29, 0.717) is 44.3 Å². The highest BCUT2D eigenvalue weighted by atomic mass is 16.5. The molecule has 4 heterocycles. The number of hydrogen-bond acceptors (Lipinski definition) is 8. The van der Waals surface area contributed by atoms with Crippen LogP contribution in [0.5, 0.6) is 6.01 Å². The third kappa shape index (κ3) is 5.14. The summed E-state index contributed by atoms with van der Waals surface area (Å²) in [6, 6.07) is 17.2. The fourth-order valence-corrected chi connectivity index (χ4v) is 6.13. The van der Waals surface area contributed by atoms with E-state index in [9.17, 15) is 10.1 Å². The van der Waals surface area contributed by atoms with Gasteiger partial charge in [-0.05, 0) is 50.7 Å². The first kappa shape index (κ1) is 25.5. The van der Waals surface area contributed by atoms with Crippen molar-refractivity contribution in [1.82, 2.24) is 20.2 Å². The predicted molar refractivity (Wildman–Crippen MR) is 151 cm³/mol. The lowest BCUT2D eigenvalue weighted by atomic mass is 10.1. The van der Waals surface area contributed by atoms with Gasteiger partial charge in [0, 0.05) is 49.2 Å². The van der Waals surface area contributed by atoms with Crippen molar-refractivity contribution in [3.8, 4) is 12.1 Å². The van der Waals surface area contributed by atoms with E-state index in [2.05, 4.69) is 46.4 Å². The summed E-state index contributed by atoms with van der Waals surface area (Å²) in [6.07, 6.45) is 4.17. The summed E-state index contributed by atoms with van der Waals surface area (Å²) in [7, 11) is 2.12. The van der Waals surface area contributed by atoms with Crippen LogP contribution in [0.2, 0.25) is 0 Å². The van der Waals surface area contributed by atoms with E-state index in [1.807, 2.05) is 29.2 Å². The number of fused-ring (bicyclic) bond motifs is 2. The lowest BCUT2D eigenvalue weighted by Gasteiger charge is -2.35. The Morgan fingerprint density at radius 3 is 2.82 bits per heavy atom. The van der Waals surface area contributed by atoms with E-state index in [1.54, 1.807) is 0 Å². The molecule has 9 heteroatoms. The van der Waals surface area contributed by atoms with Crippen molar-refractivity contribution < 1.29 is 9.53 Å². The number of amides is 1. The number of rotatable bonds is 6. The number of piperazine rings is 1. The summed E-state index contributed by atoms with van der Waals surface area (Å²) < 4.78 is 6.20. The summed E-state index contributed by atoms with van der Waals surface area (Å²) in [4.78, 5) is 30.3. The molecule has 3 aromatic rings. The molecule has 0 aliphatic carbocycles. The van der Waals surface area contributed by atoms with Crippen LogP contribution in [0.4, 0.5) is 11.5 Å². The Bertz CT molecular complexity index is 1400. The highest BCUT2D eigenvalue weighted by molar-refractivity contribution is 6.11. The fraction of sp³-hybridized carbons (Fsp3) is 0.467. The smallest absolute Gasteiger partial charge is 0.319 e. The first-order valence-electron chi connectivity index (χ1n) is 14.0. The molecule has 202 valence electrons. The van der Waals surface area contributed by atoms with Gasteiger partial charge in [0.1, 0.15) is 18.1 Å². The van der Waals surface area contributed by atoms with Gasteiger partial charge in [0.15, 0.2) is 0 Å². The molecule has 3 aliphatic rings. The summed E-state index contributed by atoms with van der Waals surface area (Å²) in [5.41, 5.74) is 2.21. The highest BCUT2D eigenvalue weighted by Crippen LogP contribution is 2.34. The monoisotopic (exact) mass is 525 g/mol. The van der Waals surface area contributed by atoms with Gasteiger partial charge in [-0.1, -0.05) is 36.4 Å². The molecular weight excluding hydrogens is 490 g/mol. The van der Waals surface area contributed by atoms with Crippen molar-refractivity contribution in [2.24, 2.45) is 0 Å². The van der Waals surface area contributed by atoms with Crippen LogP contribution in [0.15, 0.2) is 42.5 Å². The molecule has 0 bridgehead atoms. The van der Waals surface area contributed by atoms with E-state index in [-0.39, 0.29) is 18.0 Å². The third-order valence-electron chi connectivity index (χ3n) is 8.25. The Kier molecular flexibility index (Phi) is 7.31. The molecule has 3 aliphatic heterocycles. The van der Waals surface area contributed by atoms with Crippen molar-refractivity contribution in [3.63, 3.8) is 0 Å². The minimum absolute atomic E-state index is 0.0551. The van der Waals surface area contributed by atoms with Crippen molar-refractivity contribution in [2.75, 3.05) is 56.2 Å². The van der Waals surface area contributed by atoms with E-state index in [0.717, 1.165) is 66.7 Å². The summed E-state index contributed by atoms with van der Waals surface area (Å²) in [5, 5.41) is 14.9. The average Bonchev–Trinajstić information content (AvgIpc) is 3.30. The molecule has 1 aromatic heterocycles. The number of nitrogens with zero attached hydrogens (tertiary/aromatic N) is 6. The van der Waals surface area contributed by atoms with Gasteiger partial charge in [-0.15, -0.1) is 0 Å². The van der Waals surface area contributed by atoms with Crippen LogP contribution >= 0.6 is 0 Å². The average molecular weight is 526 g/mol. The Labute approximate surface area is 229 Å². The molecule has 2 fully saturated rings. The summed E-state index contributed by atoms with van der Waals surface area (Å²) in [5.74, 6) is 0.654. The lowest BCUT2D eigenvalue weighted by molar-refractivity contribution is 0.0982. The normalized spacial score (nSPS) is 22.0. The van der Waals surface area contributed by atoms with Gasteiger partial charge in [0.05, 0.1) is 18.2 Å². The van der Waals surface area contributed by atoms with Crippen LogP contribution in [-0.2, 0) is 6.42 Å². The van der Waals surface area contributed by atoms with E-state index < -0.39 is 0 Å². The van der Waals surface area contributed by atoms with Crippen LogP contribution in [0.1, 0.15) is 41.7 Å². The maximum atomic E-state index is 14.2. The molecule has 9 nitrogen and oxygen atoms in total. The molecule has 6 rings (SSSR count). The van der Waals surface area contributed by atoms with Crippen molar-refractivity contribution in [3.05, 3.63) is 53.7 Å². The minimum atomic E-state index is -0.117. The number of anilines is 2. The van der Waals surface area contributed by atoms with Crippen LogP contribution < -0.4 is 19.9 Å². The zero-order valence-electron chi connectivity index (χ0n) is 22.5. The number of benzene rings is 2. The highest BCUT2D eigenvalue weighted by Gasteiger charge is 2.33. The van der Waals surface area contributed by atoms with E-state index in [1.165, 1.54) is 0 Å². The number of nitriles is 1. The zero-order chi connectivity index (χ0) is 26.8.